The highest BCUT2D eigenvalue weighted by molar-refractivity contribution is 5.52. The molecule has 1 aromatic carbocycles. The van der Waals surface area contributed by atoms with Crippen LogP contribution in [-0.4, -0.2) is 12.6 Å². The molecule has 90 valence electrons. The summed E-state index contributed by atoms with van der Waals surface area (Å²) in [5.74, 6) is 0.422. The van der Waals surface area contributed by atoms with Crippen molar-refractivity contribution in [2.45, 2.75) is 32.7 Å². The number of nitrogens with zero attached hydrogens (tertiary/aromatic N) is 2. The van der Waals surface area contributed by atoms with Crippen molar-refractivity contribution < 1.29 is 4.39 Å². The second-order valence-corrected chi connectivity index (χ2v) is 4.97. The molecule has 0 N–H and O–H groups in total. The number of nitriles is 1. The average Bonchev–Trinajstić information content (AvgIpc) is 3.10. The van der Waals surface area contributed by atoms with Crippen molar-refractivity contribution in [1.82, 2.24) is 0 Å². The second-order valence-electron chi connectivity index (χ2n) is 4.97. The molecule has 0 atom stereocenters. The first-order chi connectivity index (χ1) is 8.11. The summed E-state index contributed by atoms with van der Waals surface area (Å²) >= 11 is 0. The SMILES string of the molecule is CC(C)N(CC1CC1)c1ccc(C#N)cc1F. The Labute approximate surface area is 102 Å². The minimum absolute atomic E-state index is 0.276. The van der Waals surface area contributed by atoms with Crippen LogP contribution in [0.5, 0.6) is 0 Å². The third-order valence-corrected chi connectivity index (χ3v) is 3.16. The van der Waals surface area contributed by atoms with Crippen LogP contribution >= 0.6 is 0 Å². The van der Waals surface area contributed by atoms with Gasteiger partial charge in [-0.15, -0.1) is 0 Å². The maximum Gasteiger partial charge on any atom is 0.147 e. The van der Waals surface area contributed by atoms with Crippen LogP contribution in [0.4, 0.5) is 10.1 Å². The summed E-state index contributed by atoms with van der Waals surface area (Å²) in [5.41, 5.74) is 0.993. The maximum atomic E-state index is 13.9. The van der Waals surface area contributed by atoms with E-state index in [1.165, 1.54) is 18.9 Å². The van der Waals surface area contributed by atoms with Crippen LogP contribution in [-0.2, 0) is 0 Å². The van der Waals surface area contributed by atoms with Crippen molar-refractivity contribution in [3.63, 3.8) is 0 Å². The van der Waals surface area contributed by atoms with Gasteiger partial charge in [-0.05, 0) is 50.8 Å². The number of rotatable bonds is 4. The van der Waals surface area contributed by atoms with Gasteiger partial charge < -0.3 is 4.90 Å². The van der Waals surface area contributed by atoms with Crippen molar-refractivity contribution in [2.75, 3.05) is 11.4 Å². The molecule has 1 aliphatic rings. The van der Waals surface area contributed by atoms with Crippen molar-refractivity contribution in [3.8, 4) is 6.07 Å². The summed E-state index contributed by atoms with van der Waals surface area (Å²) in [4.78, 5) is 2.09. The molecule has 2 nitrogen and oxygen atoms in total. The molecule has 0 saturated heterocycles. The zero-order valence-corrected chi connectivity index (χ0v) is 10.3. The van der Waals surface area contributed by atoms with Crippen LogP contribution < -0.4 is 4.90 Å². The van der Waals surface area contributed by atoms with Gasteiger partial charge in [-0.3, -0.25) is 0 Å². The van der Waals surface area contributed by atoms with Gasteiger partial charge in [0, 0.05) is 12.6 Å². The van der Waals surface area contributed by atoms with Gasteiger partial charge in [-0.2, -0.15) is 5.26 Å². The molecule has 17 heavy (non-hydrogen) atoms. The van der Waals surface area contributed by atoms with Crippen LogP contribution in [0.25, 0.3) is 0 Å². The third kappa shape index (κ3) is 2.76. The monoisotopic (exact) mass is 232 g/mol. The van der Waals surface area contributed by atoms with Crippen molar-refractivity contribution in [2.24, 2.45) is 5.92 Å². The Morgan fingerprint density at radius 2 is 2.18 bits per heavy atom. The zero-order valence-electron chi connectivity index (χ0n) is 10.3. The summed E-state index contributed by atoms with van der Waals surface area (Å²) in [5, 5.41) is 8.73. The van der Waals surface area contributed by atoms with Crippen LogP contribution in [0.1, 0.15) is 32.3 Å². The first-order valence-corrected chi connectivity index (χ1v) is 6.08. The molecule has 0 aromatic heterocycles. The van der Waals surface area contributed by atoms with Gasteiger partial charge in [0.25, 0.3) is 0 Å². The highest BCUT2D eigenvalue weighted by Gasteiger charge is 2.26. The molecular formula is C14H17FN2. The Hall–Kier alpha value is -1.56. The van der Waals surface area contributed by atoms with E-state index < -0.39 is 0 Å². The summed E-state index contributed by atoms with van der Waals surface area (Å²) < 4.78 is 13.9. The van der Waals surface area contributed by atoms with Crippen molar-refractivity contribution >= 4 is 5.69 Å². The molecule has 0 bridgehead atoms. The number of hydrogen-bond donors (Lipinski definition) is 0. The van der Waals surface area contributed by atoms with Crippen LogP contribution in [0.2, 0.25) is 0 Å². The highest BCUT2D eigenvalue weighted by Crippen LogP contribution is 2.33. The van der Waals surface area contributed by atoms with Crippen molar-refractivity contribution in [1.29, 1.82) is 5.26 Å². The normalized spacial score (nSPS) is 14.8. The molecule has 3 heteroatoms. The van der Waals surface area contributed by atoms with E-state index >= 15 is 0 Å². The minimum Gasteiger partial charge on any atom is -0.366 e. The Morgan fingerprint density at radius 1 is 1.47 bits per heavy atom. The number of benzene rings is 1. The minimum atomic E-state index is -0.293. The lowest BCUT2D eigenvalue weighted by Crippen LogP contribution is -2.33. The molecule has 0 radical (unpaired) electrons. The lowest BCUT2D eigenvalue weighted by atomic mass is 10.1. The number of anilines is 1. The van der Waals surface area contributed by atoms with Crippen LogP contribution in [0.15, 0.2) is 18.2 Å². The predicted octanol–water partition coefficient (Wildman–Crippen LogP) is 3.32. The molecule has 0 aliphatic heterocycles. The Balaban J connectivity index is 2.25. The van der Waals surface area contributed by atoms with Gasteiger partial charge in [0.2, 0.25) is 0 Å². The van der Waals surface area contributed by atoms with Gasteiger partial charge in [-0.1, -0.05) is 0 Å². The molecule has 1 aromatic rings. The first-order valence-electron chi connectivity index (χ1n) is 6.08. The van der Waals surface area contributed by atoms with Gasteiger partial charge in [0.1, 0.15) is 5.82 Å². The van der Waals surface area contributed by atoms with E-state index in [-0.39, 0.29) is 11.9 Å². The van der Waals surface area contributed by atoms with Crippen LogP contribution in [0.3, 0.4) is 0 Å². The van der Waals surface area contributed by atoms with E-state index in [1.54, 1.807) is 12.1 Å². The first kappa shape index (κ1) is 11.9. The van der Waals surface area contributed by atoms with Crippen molar-refractivity contribution in [3.05, 3.63) is 29.6 Å². The molecule has 0 spiro atoms. The molecule has 1 aliphatic carbocycles. The third-order valence-electron chi connectivity index (χ3n) is 3.16. The molecule has 0 unspecified atom stereocenters. The quantitative estimate of drug-likeness (QED) is 0.796. The van der Waals surface area contributed by atoms with Gasteiger partial charge >= 0.3 is 0 Å². The van der Waals surface area contributed by atoms with Gasteiger partial charge in [-0.25, -0.2) is 4.39 Å². The fraction of sp³-hybridized carbons (Fsp3) is 0.500. The fourth-order valence-electron chi connectivity index (χ4n) is 1.98. The molecule has 0 heterocycles. The fourth-order valence-corrected chi connectivity index (χ4v) is 1.98. The van der Waals surface area contributed by atoms with E-state index in [0.29, 0.717) is 17.2 Å². The summed E-state index contributed by atoms with van der Waals surface area (Å²) in [6.45, 7) is 5.06. The summed E-state index contributed by atoms with van der Waals surface area (Å²) in [6, 6.07) is 6.95. The molecular weight excluding hydrogens is 215 g/mol. The van der Waals surface area contributed by atoms with E-state index in [2.05, 4.69) is 18.7 Å². The largest absolute Gasteiger partial charge is 0.366 e. The van der Waals surface area contributed by atoms with Crippen LogP contribution in [0, 0.1) is 23.1 Å². The lowest BCUT2D eigenvalue weighted by molar-refractivity contribution is 0.588. The molecule has 1 saturated carbocycles. The van der Waals surface area contributed by atoms with E-state index in [9.17, 15) is 4.39 Å². The Kier molecular flexibility index (Phi) is 3.33. The van der Waals surface area contributed by atoms with E-state index in [4.69, 9.17) is 5.26 Å². The molecule has 2 rings (SSSR count). The summed E-state index contributed by atoms with van der Waals surface area (Å²) in [6.07, 6.45) is 2.50. The zero-order chi connectivity index (χ0) is 12.4. The van der Waals surface area contributed by atoms with E-state index in [1.807, 2.05) is 6.07 Å². The number of halogens is 1. The molecule has 0 amide bonds. The number of hydrogen-bond acceptors (Lipinski definition) is 2. The topological polar surface area (TPSA) is 27.0 Å². The standard InChI is InChI=1S/C14H17FN2/c1-10(2)17(9-11-3-4-11)14-6-5-12(8-16)7-13(14)15/h5-7,10-11H,3-4,9H2,1-2H3. The van der Waals surface area contributed by atoms with Gasteiger partial charge in [0.05, 0.1) is 17.3 Å². The lowest BCUT2D eigenvalue weighted by Gasteiger charge is -2.29. The maximum absolute atomic E-state index is 13.9. The highest BCUT2D eigenvalue weighted by atomic mass is 19.1. The molecule has 1 fully saturated rings. The average molecular weight is 232 g/mol. The smallest absolute Gasteiger partial charge is 0.147 e. The Morgan fingerprint density at radius 3 is 2.65 bits per heavy atom. The Bertz CT molecular complexity index is 444. The summed E-state index contributed by atoms with van der Waals surface area (Å²) in [7, 11) is 0. The van der Waals surface area contributed by atoms with E-state index in [0.717, 1.165) is 6.54 Å². The second kappa shape index (κ2) is 4.75. The predicted molar refractivity (Wildman–Crippen MR) is 66.3 cm³/mol. The van der Waals surface area contributed by atoms with Gasteiger partial charge in [0.15, 0.2) is 0 Å².